The molecule has 0 aliphatic carbocycles. The molecule has 2 aromatic rings. The quantitative estimate of drug-likeness (QED) is 0.650. The normalized spacial score (nSPS) is 10.5. The molecule has 0 bridgehead atoms. The van der Waals surface area contributed by atoms with Gasteiger partial charge >= 0.3 is 0 Å². The number of aryl methyl sites for hydroxylation is 1. The van der Waals surface area contributed by atoms with Gasteiger partial charge in [-0.1, -0.05) is 23.4 Å². The molecule has 0 atom stereocenters. The van der Waals surface area contributed by atoms with E-state index in [-0.39, 0.29) is 5.91 Å². The molecule has 1 amide bonds. The number of amides is 1. The summed E-state index contributed by atoms with van der Waals surface area (Å²) in [5.41, 5.74) is 6.81. The van der Waals surface area contributed by atoms with Crippen molar-refractivity contribution in [3.63, 3.8) is 0 Å². The number of benzene rings is 1. The van der Waals surface area contributed by atoms with E-state index in [0.717, 1.165) is 10.2 Å². The van der Waals surface area contributed by atoms with Crippen LogP contribution in [0.5, 0.6) is 0 Å². The molecular formula is C12H13ClN4OS2. The van der Waals surface area contributed by atoms with Gasteiger partial charge in [-0.3, -0.25) is 4.79 Å². The summed E-state index contributed by atoms with van der Waals surface area (Å²) in [4.78, 5) is 16.0. The second-order valence-corrected chi connectivity index (χ2v) is 6.52. The van der Waals surface area contributed by atoms with Crippen LogP contribution >= 0.6 is 34.9 Å². The maximum atomic E-state index is 11.8. The van der Waals surface area contributed by atoms with E-state index in [0.29, 0.717) is 28.6 Å². The summed E-state index contributed by atoms with van der Waals surface area (Å²) >= 11 is 8.66. The highest BCUT2D eigenvalue weighted by atomic mass is 35.5. The molecule has 1 heterocycles. The van der Waals surface area contributed by atoms with Crippen LogP contribution < -0.4 is 11.1 Å². The number of nitrogens with two attached hydrogens (primary N) is 1. The summed E-state index contributed by atoms with van der Waals surface area (Å²) in [6, 6.07) is 4.99. The Bertz CT molecular complexity index is 617. The number of aromatic nitrogens is 2. The van der Waals surface area contributed by atoms with E-state index < -0.39 is 0 Å². The largest absolute Gasteiger partial charge is 0.397 e. The van der Waals surface area contributed by atoms with Crippen molar-refractivity contribution in [3.8, 4) is 0 Å². The number of hydrogen-bond donors (Lipinski definition) is 2. The Kier molecular flexibility index (Phi) is 5.22. The number of halogens is 1. The summed E-state index contributed by atoms with van der Waals surface area (Å²) in [6.07, 6.45) is 0.380. The van der Waals surface area contributed by atoms with Crippen LogP contribution in [0.1, 0.15) is 12.2 Å². The number of anilines is 2. The lowest BCUT2D eigenvalue weighted by molar-refractivity contribution is -0.115. The summed E-state index contributed by atoms with van der Waals surface area (Å²) in [7, 11) is 0. The van der Waals surface area contributed by atoms with E-state index in [2.05, 4.69) is 14.7 Å². The van der Waals surface area contributed by atoms with Crippen LogP contribution in [0.15, 0.2) is 22.5 Å². The highest BCUT2D eigenvalue weighted by Gasteiger charge is 2.07. The summed E-state index contributed by atoms with van der Waals surface area (Å²) in [6.45, 7) is 1.84. The lowest BCUT2D eigenvalue weighted by Crippen LogP contribution is -2.13. The van der Waals surface area contributed by atoms with Crippen LogP contribution in [-0.4, -0.2) is 21.0 Å². The van der Waals surface area contributed by atoms with Gasteiger partial charge in [0.05, 0.1) is 11.4 Å². The van der Waals surface area contributed by atoms with Gasteiger partial charge in [-0.2, -0.15) is 4.37 Å². The molecule has 8 heteroatoms. The maximum absolute atomic E-state index is 11.8. The number of rotatable bonds is 5. The van der Waals surface area contributed by atoms with Gasteiger partial charge in [-0.05, 0) is 36.7 Å². The van der Waals surface area contributed by atoms with Gasteiger partial charge in [0.25, 0.3) is 0 Å². The minimum Gasteiger partial charge on any atom is -0.397 e. The van der Waals surface area contributed by atoms with Crippen molar-refractivity contribution in [2.24, 2.45) is 0 Å². The zero-order valence-corrected chi connectivity index (χ0v) is 13.1. The van der Waals surface area contributed by atoms with Gasteiger partial charge in [0, 0.05) is 17.2 Å². The summed E-state index contributed by atoms with van der Waals surface area (Å²) in [5, 5.41) is 3.30. The van der Waals surface area contributed by atoms with Crippen LogP contribution in [0, 0.1) is 6.92 Å². The number of nitrogens with one attached hydrogen (secondary N) is 1. The average molecular weight is 329 g/mol. The molecule has 0 spiro atoms. The van der Waals surface area contributed by atoms with Crippen molar-refractivity contribution >= 4 is 52.2 Å². The fraction of sp³-hybridized carbons (Fsp3) is 0.250. The van der Waals surface area contributed by atoms with Crippen LogP contribution in [0.25, 0.3) is 0 Å². The molecule has 2 rings (SSSR count). The Morgan fingerprint density at radius 2 is 2.35 bits per heavy atom. The van der Waals surface area contributed by atoms with Crippen molar-refractivity contribution in [3.05, 3.63) is 29.0 Å². The zero-order valence-electron chi connectivity index (χ0n) is 10.7. The molecule has 3 N–H and O–H groups in total. The Morgan fingerprint density at radius 3 is 3.00 bits per heavy atom. The molecule has 0 fully saturated rings. The Morgan fingerprint density at radius 1 is 1.55 bits per heavy atom. The molecule has 1 aromatic carbocycles. The Labute approximate surface area is 130 Å². The molecule has 106 valence electrons. The molecule has 0 radical (unpaired) electrons. The third-order valence-electron chi connectivity index (χ3n) is 2.35. The molecule has 0 aliphatic rings. The molecule has 1 aromatic heterocycles. The molecular weight excluding hydrogens is 316 g/mol. The molecule has 0 saturated carbocycles. The second-order valence-electron chi connectivity index (χ2n) is 3.99. The van der Waals surface area contributed by atoms with Crippen molar-refractivity contribution < 1.29 is 4.79 Å². The van der Waals surface area contributed by atoms with Gasteiger partial charge in [-0.15, -0.1) is 0 Å². The zero-order chi connectivity index (χ0) is 14.5. The van der Waals surface area contributed by atoms with E-state index in [9.17, 15) is 4.79 Å². The molecule has 0 unspecified atom stereocenters. The summed E-state index contributed by atoms with van der Waals surface area (Å²) in [5.74, 6) is 1.32. The number of carbonyl (C=O) groups excluding carboxylic acids is 1. The van der Waals surface area contributed by atoms with Gasteiger partial charge < -0.3 is 11.1 Å². The fourth-order valence-corrected chi connectivity index (χ4v) is 3.26. The molecule has 0 saturated heterocycles. The highest BCUT2D eigenvalue weighted by Crippen LogP contribution is 2.24. The Balaban J connectivity index is 1.80. The standard InChI is InChI=1S/C12H13ClN4OS2/c1-7-15-12(20-17-7)19-5-4-11(18)16-10-3-2-8(13)6-9(10)14/h2-3,6H,4-5,14H2,1H3,(H,16,18). The number of nitrogen functional groups attached to an aromatic ring is 1. The van der Waals surface area contributed by atoms with Gasteiger partial charge in [0.2, 0.25) is 5.91 Å². The van der Waals surface area contributed by atoms with Crippen molar-refractivity contribution in [2.45, 2.75) is 17.7 Å². The minimum atomic E-state index is -0.0900. The third kappa shape index (κ3) is 4.36. The molecule has 5 nitrogen and oxygen atoms in total. The van der Waals surface area contributed by atoms with Crippen molar-refractivity contribution in [2.75, 3.05) is 16.8 Å². The topological polar surface area (TPSA) is 80.9 Å². The van der Waals surface area contributed by atoms with Crippen LogP contribution in [-0.2, 0) is 4.79 Å². The van der Waals surface area contributed by atoms with E-state index in [4.69, 9.17) is 17.3 Å². The average Bonchev–Trinajstić information content (AvgIpc) is 2.79. The summed E-state index contributed by atoms with van der Waals surface area (Å²) < 4.78 is 4.96. The molecule has 0 aliphatic heterocycles. The van der Waals surface area contributed by atoms with Gasteiger partial charge in [0.15, 0.2) is 4.34 Å². The SMILES string of the molecule is Cc1nsc(SCCC(=O)Nc2ccc(Cl)cc2N)n1. The third-order valence-corrected chi connectivity index (χ3v) is 4.51. The van der Waals surface area contributed by atoms with Gasteiger partial charge in [-0.25, -0.2) is 4.98 Å². The predicted octanol–water partition coefficient (Wildman–Crippen LogP) is 3.20. The minimum absolute atomic E-state index is 0.0900. The van der Waals surface area contributed by atoms with E-state index in [1.807, 2.05) is 6.92 Å². The first-order valence-electron chi connectivity index (χ1n) is 5.82. The lowest BCUT2D eigenvalue weighted by Gasteiger charge is -2.07. The number of thioether (sulfide) groups is 1. The molecule has 20 heavy (non-hydrogen) atoms. The number of hydrogen-bond acceptors (Lipinski definition) is 6. The van der Waals surface area contributed by atoms with E-state index in [1.165, 1.54) is 23.3 Å². The number of carbonyl (C=O) groups is 1. The van der Waals surface area contributed by atoms with Crippen molar-refractivity contribution in [1.29, 1.82) is 0 Å². The first-order valence-corrected chi connectivity index (χ1v) is 7.96. The fourth-order valence-electron chi connectivity index (χ4n) is 1.43. The second kappa shape index (κ2) is 6.92. The van der Waals surface area contributed by atoms with E-state index >= 15 is 0 Å². The number of nitrogens with zero attached hydrogens (tertiary/aromatic N) is 2. The highest BCUT2D eigenvalue weighted by molar-refractivity contribution is 8.00. The Hall–Kier alpha value is -1.31. The van der Waals surface area contributed by atoms with Crippen LogP contribution in [0.2, 0.25) is 5.02 Å². The first-order chi connectivity index (χ1) is 9.54. The smallest absolute Gasteiger partial charge is 0.225 e. The van der Waals surface area contributed by atoms with Crippen LogP contribution in [0.4, 0.5) is 11.4 Å². The lowest BCUT2D eigenvalue weighted by atomic mass is 10.2. The predicted molar refractivity (Wildman–Crippen MR) is 84.5 cm³/mol. The monoisotopic (exact) mass is 328 g/mol. The maximum Gasteiger partial charge on any atom is 0.225 e. The van der Waals surface area contributed by atoms with Gasteiger partial charge in [0.1, 0.15) is 5.82 Å². The van der Waals surface area contributed by atoms with Crippen LogP contribution in [0.3, 0.4) is 0 Å². The van der Waals surface area contributed by atoms with E-state index in [1.54, 1.807) is 18.2 Å². The van der Waals surface area contributed by atoms with Crippen molar-refractivity contribution in [1.82, 2.24) is 9.36 Å². The first kappa shape index (κ1) is 15.1.